The molecule has 4 heteroatoms. The number of nitrogens with one attached hydrogen (secondary N) is 1. The molecule has 2 nitrogen and oxygen atoms in total. The van der Waals surface area contributed by atoms with E-state index in [1.54, 1.807) is 0 Å². The Bertz CT molecular complexity index is 407. The minimum atomic E-state index is -0.204. The van der Waals surface area contributed by atoms with Gasteiger partial charge < -0.3 is 10.1 Å². The van der Waals surface area contributed by atoms with Gasteiger partial charge in [0.1, 0.15) is 5.82 Å². The van der Waals surface area contributed by atoms with E-state index in [0.29, 0.717) is 6.10 Å². The van der Waals surface area contributed by atoms with Crippen LogP contribution >= 0.6 is 15.9 Å². The molecular formula is C15H21BrFNO. The lowest BCUT2D eigenvalue weighted by Gasteiger charge is -2.21. The van der Waals surface area contributed by atoms with E-state index in [1.807, 2.05) is 6.07 Å². The van der Waals surface area contributed by atoms with Crippen molar-refractivity contribution in [2.24, 2.45) is 0 Å². The van der Waals surface area contributed by atoms with Gasteiger partial charge in [-0.05, 0) is 49.9 Å². The van der Waals surface area contributed by atoms with Gasteiger partial charge in [-0.1, -0.05) is 28.9 Å². The molecule has 19 heavy (non-hydrogen) atoms. The molecule has 0 aliphatic carbocycles. The van der Waals surface area contributed by atoms with Crippen LogP contribution in [0, 0.1) is 5.82 Å². The second kappa shape index (κ2) is 7.36. The normalized spacial score (nSPS) is 20.7. The van der Waals surface area contributed by atoms with Crippen LogP contribution in [0.4, 0.5) is 4.39 Å². The first kappa shape index (κ1) is 14.9. The van der Waals surface area contributed by atoms with Gasteiger partial charge in [-0.15, -0.1) is 0 Å². The Hall–Kier alpha value is -0.450. The molecule has 1 N–H and O–H groups in total. The van der Waals surface area contributed by atoms with E-state index in [-0.39, 0.29) is 11.9 Å². The van der Waals surface area contributed by atoms with Crippen LogP contribution in [0.5, 0.6) is 0 Å². The fourth-order valence-corrected chi connectivity index (χ4v) is 3.25. The molecule has 2 atom stereocenters. The molecule has 106 valence electrons. The lowest BCUT2D eigenvalue weighted by atomic mass is 9.99. The molecule has 0 saturated carbocycles. The Morgan fingerprint density at radius 1 is 1.53 bits per heavy atom. The van der Waals surface area contributed by atoms with Crippen molar-refractivity contribution >= 4 is 15.9 Å². The summed E-state index contributed by atoms with van der Waals surface area (Å²) in [7, 11) is 0. The van der Waals surface area contributed by atoms with Gasteiger partial charge in [0.05, 0.1) is 6.10 Å². The summed E-state index contributed by atoms with van der Waals surface area (Å²) in [6.45, 7) is 3.90. The highest BCUT2D eigenvalue weighted by molar-refractivity contribution is 9.10. The minimum absolute atomic E-state index is 0.204. The summed E-state index contributed by atoms with van der Waals surface area (Å²) in [6.07, 6.45) is 4.82. The predicted molar refractivity (Wildman–Crippen MR) is 78.7 cm³/mol. The van der Waals surface area contributed by atoms with E-state index >= 15 is 0 Å². The Kier molecular flexibility index (Phi) is 5.79. The van der Waals surface area contributed by atoms with Gasteiger partial charge >= 0.3 is 0 Å². The van der Waals surface area contributed by atoms with Crippen LogP contribution in [0.25, 0.3) is 0 Å². The van der Waals surface area contributed by atoms with E-state index in [2.05, 4.69) is 28.2 Å². The SMILES string of the molecule is CCNC(CCC1CCCO1)c1ccc(F)cc1Br. The molecular weight excluding hydrogens is 309 g/mol. The van der Waals surface area contributed by atoms with E-state index < -0.39 is 0 Å². The zero-order chi connectivity index (χ0) is 13.7. The van der Waals surface area contributed by atoms with Crippen LogP contribution in [0.2, 0.25) is 0 Å². The van der Waals surface area contributed by atoms with Crippen LogP contribution in [-0.2, 0) is 4.74 Å². The zero-order valence-corrected chi connectivity index (χ0v) is 12.9. The molecule has 0 radical (unpaired) electrons. The van der Waals surface area contributed by atoms with Crippen molar-refractivity contribution in [1.29, 1.82) is 0 Å². The summed E-state index contributed by atoms with van der Waals surface area (Å²) >= 11 is 3.46. The fourth-order valence-electron chi connectivity index (χ4n) is 2.62. The number of ether oxygens (including phenoxy) is 1. The summed E-state index contributed by atoms with van der Waals surface area (Å²) in [5.41, 5.74) is 1.13. The predicted octanol–water partition coefficient (Wildman–Crippen LogP) is 4.20. The highest BCUT2D eigenvalue weighted by Gasteiger charge is 2.19. The highest BCUT2D eigenvalue weighted by atomic mass is 79.9. The first-order chi connectivity index (χ1) is 9.20. The van der Waals surface area contributed by atoms with Crippen molar-refractivity contribution in [1.82, 2.24) is 5.32 Å². The maximum absolute atomic E-state index is 13.2. The van der Waals surface area contributed by atoms with Gasteiger partial charge in [-0.25, -0.2) is 4.39 Å². The average Bonchev–Trinajstić information content (AvgIpc) is 2.88. The fraction of sp³-hybridized carbons (Fsp3) is 0.600. The molecule has 1 heterocycles. The first-order valence-corrected chi connectivity index (χ1v) is 7.80. The third kappa shape index (κ3) is 4.26. The van der Waals surface area contributed by atoms with Gasteiger partial charge in [0.15, 0.2) is 0 Å². The molecule has 1 aliphatic rings. The summed E-state index contributed by atoms with van der Waals surface area (Å²) in [4.78, 5) is 0. The summed E-state index contributed by atoms with van der Waals surface area (Å²) in [6, 6.07) is 5.17. The van der Waals surface area contributed by atoms with Crippen LogP contribution in [-0.4, -0.2) is 19.3 Å². The van der Waals surface area contributed by atoms with Crippen LogP contribution in [0.3, 0.4) is 0 Å². The Morgan fingerprint density at radius 2 is 2.37 bits per heavy atom. The summed E-state index contributed by atoms with van der Waals surface area (Å²) in [5.74, 6) is -0.204. The maximum atomic E-state index is 13.2. The Labute approximate surface area is 122 Å². The van der Waals surface area contributed by atoms with Crippen molar-refractivity contribution < 1.29 is 9.13 Å². The molecule has 0 spiro atoms. The number of halogens is 2. The molecule has 0 amide bonds. The second-order valence-electron chi connectivity index (χ2n) is 4.99. The van der Waals surface area contributed by atoms with Crippen LogP contribution in [0.1, 0.15) is 44.2 Å². The van der Waals surface area contributed by atoms with Crippen LogP contribution in [0.15, 0.2) is 22.7 Å². The van der Waals surface area contributed by atoms with Crippen molar-refractivity contribution in [2.45, 2.75) is 44.8 Å². The largest absolute Gasteiger partial charge is 0.378 e. The van der Waals surface area contributed by atoms with Gasteiger partial charge in [-0.3, -0.25) is 0 Å². The molecule has 1 saturated heterocycles. The quantitative estimate of drug-likeness (QED) is 0.844. The monoisotopic (exact) mass is 329 g/mol. The third-order valence-corrected chi connectivity index (χ3v) is 4.28. The maximum Gasteiger partial charge on any atom is 0.124 e. The molecule has 0 aromatic heterocycles. The van der Waals surface area contributed by atoms with Gasteiger partial charge in [0.25, 0.3) is 0 Å². The Balaban J connectivity index is 2.01. The van der Waals surface area contributed by atoms with Gasteiger partial charge in [0.2, 0.25) is 0 Å². The van der Waals surface area contributed by atoms with E-state index in [9.17, 15) is 4.39 Å². The summed E-state index contributed by atoms with van der Waals surface area (Å²) < 4.78 is 19.7. The minimum Gasteiger partial charge on any atom is -0.378 e. The summed E-state index contributed by atoms with van der Waals surface area (Å²) in [5, 5.41) is 3.48. The molecule has 1 aromatic rings. The van der Waals surface area contributed by atoms with E-state index in [4.69, 9.17) is 4.74 Å². The molecule has 1 fully saturated rings. The van der Waals surface area contributed by atoms with E-state index in [0.717, 1.165) is 36.0 Å². The molecule has 2 unspecified atom stereocenters. The number of benzene rings is 1. The van der Waals surface area contributed by atoms with Crippen molar-refractivity contribution in [3.8, 4) is 0 Å². The van der Waals surface area contributed by atoms with E-state index in [1.165, 1.54) is 25.0 Å². The topological polar surface area (TPSA) is 21.3 Å². The standard InChI is InChI=1S/C15H21BrFNO/c1-2-18-15(8-6-12-4-3-9-19-12)13-7-5-11(17)10-14(13)16/h5,7,10,12,15,18H,2-4,6,8-9H2,1H3. The number of hydrogen-bond acceptors (Lipinski definition) is 2. The molecule has 1 aliphatic heterocycles. The van der Waals surface area contributed by atoms with Crippen molar-refractivity contribution in [2.75, 3.05) is 13.2 Å². The lowest BCUT2D eigenvalue weighted by Crippen LogP contribution is -2.23. The average molecular weight is 330 g/mol. The number of rotatable bonds is 6. The van der Waals surface area contributed by atoms with Crippen molar-refractivity contribution in [3.63, 3.8) is 0 Å². The number of hydrogen-bond donors (Lipinski definition) is 1. The highest BCUT2D eigenvalue weighted by Crippen LogP contribution is 2.29. The lowest BCUT2D eigenvalue weighted by molar-refractivity contribution is 0.0996. The third-order valence-electron chi connectivity index (χ3n) is 3.59. The first-order valence-electron chi connectivity index (χ1n) is 7.00. The molecule has 0 bridgehead atoms. The van der Waals surface area contributed by atoms with Crippen LogP contribution < -0.4 is 5.32 Å². The molecule has 2 rings (SSSR count). The smallest absolute Gasteiger partial charge is 0.124 e. The van der Waals surface area contributed by atoms with Gasteiger partial charge in [-0.2, -0.15) is 0 Å². The Morgan fingerprint density at radius 3 is 3.00 bits per heavy atom. The second-order valence-corrected chi connectivity index (χ2v) is 5.84. The molecule has 1 aromatic carbocycles. The van der Waals surface area contributed by atoms with Gasteiger partial charge in [0, 0.05) is 17.1 Å². The van der Waals surface area contributed by atoms with Crippen molar-refractivity contribution in [3.05, 3.63) is 34.1 Å². The zero-order valence-electron chi connectivity index (χ0n) is 11.3.